The van der Waals surface area contributed by atoms with Gasteiger partial charge in [-0.15, -0.1) is 0 Å². The van der Waals surface area contributed by atoms with Crippen LogP contribution in [0, 0.1) is 0 Å². The molecule has 6 nitrogen and oxygen atoms in total. The third-order valence-electron chi connectivity index (χ3n) is 1.08. The molecule has 0 amide bonds. The van der Waals surface area contributed by atoms with Gasteiger partial charge in [0.15, 0.2) is 12.2 Å². The number of carbonyl (C=O) groups excluding carboxylic acids is 1. The summed E-state index contributed by atoms with van der Waals surface area (Å²) in [4.78, 5) is 20.6. The summed E-state index contributed by atoms with van der Waals surface area (Å²) in [6, 6.07) is 0. The quantitative estimate of drug-likeness (QED) is 0.350. The average molecular weight is 202 g/mol. The molecule has 0 fully saturated rings. The third-order valence-corrected chi connectivity index (χ3v) is 1.08. The zero-order valence-electron chi connectivity index (χ0n) is 6.43. The number of ether oxygens (including phenoxy) is 1. The summed E-state index contributed by atoms with van der Waals surface area (Å²) in [6.07, 6.45) is -4.16. The topological polar surface area (TPSA) is 104 Å². The second-order valence-electron chi connectivity index (χ2n) is 1.98. The molecule has 2 atom stereocenters. The van der Waals surface area contributed by atoms with E-state index in [0.29, 0.717) is 0 Å². The van der Waals surface area contributed by atoms with Gasteiger partial charge in [-0.2, -0.15) is 0 Å². The molecule has 3 N–H and O–H groups in total. The van der Waals surface area contributed by atoms with Gasteiger partial charge in [-0.1, -0.05) is 0 Å². The van der Waals surface area contributed by atoms with Crippen LogP contribution in [0.1, 0.15) is 6.92 Å². The Morgan fingerprint density at radius 1 is 1.31 bits per heavy atom. The SMILES string of the molecule is CCOC(=O)C(O)C(O)C(=O)O.[NaH]. The van der Waals surface area contributed by atoms with Crippen LogP contribution in [0.5, 0.6) is 0 Å². The van der Waals surface area contributed by atoms with Crippen LogP contribution >= 0.6 is 0 Å². The van der Waals surface area contributed by atoms with Crippen LogP contribution in [0.3, 0.4) is 0 Å². The van der Waals surface area contributed by atoms with E-state index in [1.165, 1.54) is 6.92 Å². The molecule has 0 aliphatic heterocycles. The van der Waals surface area contributed by atoms with E-state index < -0.39 is 24.1 Å². The number of carboxylic acid groups (broad SMARTS) is 1. The Labute approximate surface area is 96.8 Å². The summed E-state index contributed by atoms with van der Waals surface area (Å²) in [6.45, 7) is 1.51. The average Bonchev–Trinajstić information content (AvgIpc) is 2.02. The molecule has 0 aliphatic rings. The first-order valence-electron chi connectivity index (χ1n) is 3.26. The Morgan fingerprint density at radius 2 is 1.77 bits per heavy atom. The van der Waals surface area contributed by atoms with Crippen LogP contribution in [0.15, 0.2) is 0 Å². The van der Waals surface area contributed by atoms with Crippen molar-refractivity contribution in [2.24, 2.45) is 0 Å². The fourth-order valence-corrected chi connectivity index (χ4v) is 0.492. The number of rotatable bonds is 4. The summed E-state index contributed by atoms with van der Waals surface area (Å²) >= 11 is 0. The standard InChI is InChI=1S/C6H10O6.Na.H/c1-2-12-6(11)4(8)3(7)5(9)10;;/h3-4,7-8H,2H2,1H3,(H,9,10);;. The number of esters is 1. The van der Waals surface area contributed by atoms with Gasteiger partial charge in [0.1, 0.15) is 0 Å². The normalized spacial score (nSPS) is 13.8. The number of carbonyl (C=O) groups is 2. The van der Waals surface area contributed by atoms with Crippen molar-refractivity contribution in [2.75, 3.05) is 6.61 Å². The molecule has 13 heavy (non-hydrogen) atoms. The van der Waals surface area contributed by atoms with Gasteiger partial charge in [0.05, 0.1) is 6.61 Å². The van der Waals surface area contributed by atoms with E-state index in [2.05, 4.69) is 4.74 Å². The Morgan fingerprint density at radius 3 is 2.08 bits per heavy atom. The van der Waals surface area contributed by atoms with Gasteiger partial charge in [0.2, 0.25) is 0 Å². The molecule has 0 saturated heterocycles. The van der Waals surface area contributed by atoms with Crippen LogP contribution < -0.4 is 0 Å². The summed E-state index contributed by atoms with van der Waals surface area (Å²) in [5, 5.41) is 25.6. The zero-order valence-corrected chi connectivity index (χ0v) is 6.43. The molecular formula is C6H11NaO6. The van der Waals surface area contributed by atoms with Gasteiger partial charge in [0, 0.05) is 0 Å². The minimum atomic E-state index is -2.14. The summed E-state index contributed by atoms with van der Waals surface area (Å²) in [5.41, 5.74) is 0. The molecule has 7 heteroatoms. The van der Waals surface area contributed by atoms with Crippen molar-refractivity contribution in [3.63, 3.8) is 0 Å². The maximum atomic E-state index is 10.6. The van der Waals surface area contributed by atoms with Gasteiger partial charge in [-0.05, 0) is 6.92 Å². The summed E-state index contributed by atoms with van der Waals surface area (Å²) in [5.74, 6) is -2.82. The number of aliphatic hydroxyl groups excluding tert-OH is 2. The molecule has 2 unspecified atom stereocenters. The molecule has 0 bridgehead atoms. The van der Waals surface area contributed by atoms with E-state index in [4.69, 9.17) is 15.3 Å². The van der Waals surface area contributed by atoms with Crippen molar-refractivity contribution in [3.05, 3.63) is 0 Å². The van der Waals surface area contributed by atoms with Gasteiger partial charge < -0.3 is 20.1 Å². The molecule has 0 aromatic rings. The Hall–Kier alpha value is -0.140. The fraction of sp³-hybridized carbons (Fsp3) is 0.667. The molecule has 0 aromatic carbocycles. The molecule has 0 radical (unpaired) electrons. The van der Waals surface area contributed by atoms with Crippen molar-refractivity contribution in [3.8, 4) is 0 Å². The molecule has 0 heterocycles. The first kappa shape index (κ1) is 15.3. The first-order chi connectivity index (χ1) is 5.50. The van der Waals surface area contributed by atoms with Crippen molar-refractivity contribution >= 4 is 41.5 Å². The first-order valence-corrected chi connectivity index (χ1v) is 3.26. The Bertz CT molecular complexity index is 182. The van der Waals surface area contributed by atoms with Crippen LogP contribution in [0.2, 0.25) is 0 Å². The van der Waals surface area contributed by atoms with Gasteiger partial charge in [0.25, 0.3) is 0 Å². The zero-order chi connectivity index (χ0) is 9.72. The molecule has 0 rings (SSSR count). The second-order valence-corrected chi connectivity index (χ2v) is 1.98. The fourth-order valence-electron chi connectivity index (χ4n) is 0.492. The molecule has 0 saturated carbocycles. The van der Waals surface area contributed by atoms with E-state index in [9.17, 15) is 9.59 Å². The van der Waals surface area contributed by atoms with Crippen LogP contribution in [0.25, 0.3) is 0 Å². The molecule has 0 aliphatic carbocycles. The van der Waals surface area contributed by atoms with Crippen LogP contribution in [0.4, 0.5) is 0 Å². The van der Waals surface area contributed by atoms with Crippen molar-refractivity contribution in [2.45, 2.75) is 19.1 Å². The monoisotopic (exact) mass is 202 g/mol. The minimum absolute atomic E-state index is 0. The third kappa shape index (κ3) is 5.22. The van der Waals surface area contributed by atoms with E-state index in [1.54, 1.807) is 0 Å². The summed E-state index contributed by atoms with van der Waals surface area (Å²) < 4.78 is 4.26. The van der Waals surface area contributed by atoms with Crippen molar-refractivity contribution in [1.29, 1.82) is 0 Å². The van der Waals surface area contributed by atoms with E-state index in [0.717, 1.165) is 0 Å². The number of hydrogen-bond donors (Lipinski definition) is 3. The van der Waals surface area contributed by atoms with Crippen molar-refractivity contribution < 1.29 is 29.6 Å². The predicted octanol–water partition coefficient (Wildman–Crippen LogP) is -2.29. The van der Waals surface area contributed by atoms with Crippen molar-refractivity contribution in [1.82, 2.24) is 0 Å². The van der Waals surface area contributed by atoms with E-state index in [-0.39, 0.29) is 36.2 Å². The molecule has 72 valence electrons. The van der Waals surface area contributed by atoms with Gasteiger partial charge in [-0.3, -0.25) is 0 Å². The predicted molar refractivity (Wildman–Crippen MR) is 43.4 cm³/mol. The maximum absolute atomic E-state index is 10.6. The van der Waals surface area contributed by atoms with Gasteiger partial charge in [-0.25, -0.2) is 9.59 Å². The van der Waals surface area contributed by atoms with Gasteiger partial charge >= 0.3 is 41.5 Å². The molecular weight excluding hydrogens is 191 g/mol. The second kappa shape index (κ2) is 7.28. The number of hydrogen-bond acceptors (Lipinski definition) is 5. The molecule has 0 spiro atoms. The number of aliphatic carboxylic acids is 1. The summed E-state index contributed by atoms with van der Waals surface area (Å²) in [7, 11) is 0. The molecule has 0 aromatic heterocycles. The Kier molecular flexibility index (Phi) is 8.59. The van der Waals surface area contributed by atoms with E-state index in [1.807, 2.05) is 0 Å². The number of carboxylic acids is 1. The van der Waals surface area contributed by atoms with Crippen LogP contribution in [-0.4, -0.2) is 75.6 Å². The van der Waals surface area contributed by atoms with Crippen LogP contribution in [-0.2, 0) is 14.3 Å². The Balaban J connectivity index is 0. The number of aliphatic hydroxyl groups is 2. The van der Waals surface area contributed by atoms with E-state index >= 15 is 0 Å².